The van der Waals surface area contributed by atoms with Gasteiger partial charge < -0.3 is 0 Å². The number of hydrogen-bond acceptors (Lipinski definition) is 2. The van der Waals surface area contributed by atoms with E-state index in [0.29, 0.717) is 0 Å². The third kappa shape index (κ3) is 1.09. The SMILES string of the molecule is Bc1ccc2ncncc2c1. The Kier molecular flexibility index (Phi) is 1.35. The van der Waals surface area contributed by atoms with Gasteiger partial charge in [0.15, 0.2) is 0 Å². The molecule has 11 heavy (non-hydrogen) atoms. The summed E-state index contributed by atoms with van der Waals surface area (Å²) in [6.07, 6.45) is 3.40. The van der Waals surface area contributed by atoms with Gasteiger partial charge in [-0.3, -0.25) is 0 Å². The van der Waals surface area contributed by atoms with E-state index in [0.717, 1.165) is 10.9 Å². The molecule has 0 aliphatic carbocycles. The van der Waals surface area contributed by atoms with E-state index < -0.39 is 0 Å². The van der Waals surface area contributed by atoms with E-state index in [-0.39, 0.29) is 0 Å². The summed E-state index contributed by atoms with van der Waals surface area (Å²) < 4.78 is 0. The minimum absolute atomic E-state index is 1.01. The van der Waals surface area contributed by atoms with Gasteiger partial charge in [-0.1, -0.05) is 17.6 Å². The molecule has 0 saturated carbocycles. The highest BCUT2D eigenvalue weighted by Crippen LogP contribution is 2.04. The van der Waals surface area contributed by atoms with Gasteiger partial charge in [0.2, 0.25) is 0 Å². The van der Waals surface area contributed by atoms with Crippen molar-refractivity contribution in [3.05, 3.63) is 30.7 Å². The Bertz CT molecular complexity index is 387. The second kappa shape index (κ2) is 2.34. The van der Waals surface area contributed by atoms with Crippen LogP contribution in [0, 0.1) is 0 Å². The van der Waals surface area contributed by atoms with Gasteiger partial charge >= 0.3 is 0 Å². The van der Waals surface area contributed by atoms with E-state index in [9.17, 15) is 0 Å². The van der Waals surface area contributed by atoms with Crippen LogP contribution >= 0.6 is 0 Å². The lowest BCUT2D eigenvalue weighted by Crippen LogP contribution is -2.00. The van der Waals surface area contributed by atoms with Crippen LogP contribution in [-0.2, 0) is 0 Å². The highest BCUT2D eigenvalue weighted by molar-refractivity contribution is 6.33. The van der Waals surface area contributed by atoms with Gasteiger partial charge in [0, 0.05) is 11.6 Å². The van der Waals surface area contributed by atoms with Crippen molar-refractivity contribution in [2.45, 2.75) is 0 Å². The molecule has 1 aromatic heterocycles. The second-order valence-electron chi connectivity index (χ2n) is 2.59. The predicted molar refractivity (Wildman–Crippen MR) is 47.7 cm³/mol. The molecule has 52 valence electrons. The quantitative estimate of drug-likeness (QED) is 0.479. The van der Waals surface area contributed by atoms with Crippen LogP contribution in [0.1, 0.15) is 0 Å². The fraction of sp³-hybridized carbons (Fsp3) is 0. The Morgan fingerprint density at radius 1 is 1.27 bits per heavy atom. The molecule has 0 radical (unpaired) electrons. The topological polar surface area (TPSA) is 25.8 Å². The van der Waals surface area contributed by atoms with Crippen LogP contribution < -0.4 is 5.46 Å². The van der Waals surface area contributed by atoms with Crippen molar-refractivity contribution in [2.24, 2.45) is 0 Å². The summed E-state index contributed by atoms with van der Waals surface area (Å²) in [6, 6.07) is 6.14. The van der Waals surface area contributed by atoms with Crippen molar-refractivity contribution < 1.29 is 0 Å². The van der Waals surface area contributed by atoms with E-state index in [1.54, 1.807) is 6.33 Å². The molecular weight excluding hydrogens is 135 g/mol. The number of benzene rings is 1. The van der Waals surface area contributed by atoms with Crippen molar-refractivity contribution >= 4 is 24.2 Å². The molecule has 2 rings (SSSR count). The van der Waals surface area contributed by atoms with Crippen LogP contribution in [0.5, 0.6) is 0 Å². The Hall–Kier alpha value is -1.38. The fourth-order valence-electron chi connectivity index (χ4n) is 1.10. The van der Waals surface area contributed by atoms with Crippen LogP contribution in [0.2, 0.25) is 0 Å². The summed E-state index contributed by atoms with van der Waals surface area (Å²) in [6.45, 7) is 0. The lowest BCUT2D eigenvalue weighted by atomic mass is 9.95. The lowest BCUT2D eigenvalue weighted by molar-refractivity contribution is 1.22. The summed E-state index contributed by atoms with van der Waals surface area (Å²) in [4.78, 5) is 8.05. The highest BCUT2D eigenvalue weighted by Gasteiger charge is 1.91. The fourth-order valence-corrected chi connectivity index (χ4v) is 1.10. The molecular formula is C8H7BN2. The van der Waals surface area contributed by atoms with Crippen molar-refractivity contribution in [1.29, 1.82) is 0 Å². The first kappa shape index (κ1) is 6.34. The van der Waals surface area contributed by atoms with Gasteiger partial charge in [0.25, 0.3) is 0 Å². The predicted octanol–water partition coefficient (Wildman–Crippen LogP) is -0.112. The lowest BCUT2D eigenvalue weighted by Gasteiger charge is -1.95. The summed E-state index contributed by atoms with van der Waals surface area (Å²) in [7, 11) is 2.06. The van der Waals surface area contributed by atoms with E-state index in [1.165, 1.54) is 5.46 Å². The van der Waals surface area contributed by atoms with Gasteiger partial charge in [-0.15, -0.1) is 0 Å². The highest BCUT2D eigenvalue weighted by atomic mass is 14.8. The molecule has 1 aromatic carbocycles. The zero-order valence-corrected chi connectivity index (χ0v) is 6.28. The summed E-state index contributed by atoms with van der Waals surface area (Å²) in [5, 5.41) is 1.10. The molecule has 0 aliphatic heterocycles. The second-order valence-corrected chi connectivity index (χ2v) is 2.59. The van der Waals surface area contributed by atoms with E-state index in [4.69, 9.17) is 0 Å². The normalized spacial score (nSPS) is 10.2. The van der Waals surface area contributed by atoms with Crippen LogP contribution in [-0.4, -0.2) is 17.8 Å². The number of aromatic nitrogens is 2. The molecule has 0 aliphatic rings. The van der Waals surface area contributed by atoms with Gasteiger partial charge in [-0.25, -0.2) is 9.97 Å². The molecule has 2 aromatic rings. The Balaban J connectivity index is 2.83. The number of rotatable bonds is 0. The molecule has 0 spiro atoms. The smallest absolute Gasteiger partial charge is 0.139 e. The van der Waals surface area contributed by atoms with E-state index in [1.807, 2.05) is 12.3 Å². The molecule has 0 atom stereocenters. The zero-order valence-electron chi connectivity index (χ0n) is 6.28. The molecule has 3 heteroatoms. The Labute approximate surface area is 65.7 Å². The first-order chi connectivity index (χ1) is 5.36. The van der Waals surface area contributed by atoms with E-state index >= 15 is 0 Å². The molecule has 1 heterocycles. The Morgan fingerprint density at radius 2 is 2.18 bits per heavy atom. The molecule has 0 bridgehead atoms. The first-order valence-corrected chi connectivity index (χ1v) is 3.52. The minimum Gasteiger partial charge on any atom is -0.244 e. The number of hydrogen-bond donors (Lipinski definition) is 0. The van der Waals surface area contributed by atoms with Gasteiger partial charge in [0.05, 0.1) is 5.52 Å². The molecule has 0 unspecified atom stereocenters. The largest absolute Gasteiger partial charge is 0.244 e. The van der Waals surface area contributed by atoms with Gasteiger partial charge in [0.1, 0.15) is 14.2 Å². The summed E-state index contributed by atoms with van der Waals surface area (Å²) in [5.41, 5.74) is 2.25. The molecule has 0 saturated heterocycles. The minimum atomic E-state index is 1.01. The molecule has 0 amide bonds. The number of fused-ring (bicyclic) bond motifs is 1. The van der Waals surface area contributed by atoms with Gasteiger partial charge in [-0.2, -0.15) is 0 Å². The third-order valence-corrected chi connectivity index (χ3v) is 1.66. The maximum Gasteiger partial charge on any atom is 0.139 e. The summed E-state index contributed by atoms with van der Waals surface area (Å²) >= 11 is 0. The third-order valence-electron chi connectivity index (χ3n) is 1.66. The van der Waals surface area contributed by atoms with Crippen LogP contribution in [0.3, 0.4) is 0 Å². The Morgan fingerprint density at radius 3 is 3.09 bits per heavy atom. The van der Waals surface area contributed by atoms with Crippen LogP contribution in [0.25, 0.3) is 10.9 Å². The maximum atomic E-state index is 4.11. The monoisotopic (exact) mass is 142 g/mol. The molecule has 0 fully saturated rings. The van der Waals surface area contributed by atoms with Crippen molar-refractivity contribution in [3.63, 3.8) is 0 Å². The average Bonchev–Trinajstić information content (AvgIpc) is 2.04. The van der Waals surface area contributed by atoms with Crippen LogP contribution in [0.4, 0.5) is 0 Å². The summed E-state index contributed by atoms with van der Waals surface area (Å²) in [5.74, 6) is 0. The first-order valence-electron chi connectivity index (χ1n) is 3.52. The zero-order chi connectivity index (χ0) is 7.68. The molecule has 0 N–H and O–H groups in total. The average molecular weight is 142 g/mol. The molecule has 2 nitrogen and oxygen atoms in total. The van der Waals surface area contributed by atoms with Crippen molar-refractivity contribution in [3.8, 4) is 0 Å². The standard InChI is InChI=1S/C8H7BN2/c9-7-1-2-8-6(3-7)4-10-5-11-8/h1-5H,9H2. The maximum absolute atomic E-state index is 4.11. The number of nitrogens with zero attached hydrogens (tertiary/aromatic N) is 2. The van der Waals surface area contributed by atoms with E-state index in [2.05, 4.69) is 29.9 Å². The van der Waals surface area contributed by atoms with Crippen molar-refractivity contribution in [1.82, 2.24) is 9.97 Å². The van der Waals surface area contributed by atoms with Crippen molar-refractivity contribution in [2.75, 3.05) is 0 Å². The van der Waals surface area contributed by atoms with Crippen LogP contribution in [0.15, 0.2) is 30.7 Å². The van der Waals surface area contributed by atoms with Gasteiger partial charge in [-0.05, 0) is 6.07 Å².